The fourth-order valence-corrected chi connectivity index (χ4v) is 4.56. The quantitative estimate of drug-likeness (QED) is 0.696. The average molecular weight is 396 g/mol. The van der Waals surface area contributed by atoms with Crippen molar-refractivity contribution >= 4 is 15.9 Å². The van der Waals surface area contributed by atoms with Crippen LogP contribution in [-0.4, -0.2) is 64.4 Å². The molecule has 1 fully saturated rings. The third-order valence-electron chi connectivity index (χ3n) is 4.54. The lowest BCUT2D eigenvalue weighted by atomic mass is 10.3. The van der Waals surface area contributed by atoms with Gasteiger partial charge >= 0.3 is 0 Å². The van der Waals surface area contributed by atoms with Crippen LogP contribution < -0.4 is 5.73 Å². The van der Waals surface area contributed by atoms with Crippen molar-refractivity contribution in [3.05, 3.63) is 29.7 Å². The summed E-state index contributed by atoms with van der Waals surface area (Å²) in [6.45, 7) is 4.36. The van der Waals surface area contributed by atoms with E-state index in [2.05, 4.69) is 22.0 Å². The van der Waals surface area contributed by atoms with Crippen LogP contribution in [-0.2, 0) is 30.0 Å². The lowest BCUT2D eigenvalue weighted by Crippen LogP contribution is -2.48. The third kappa shape index (κ3) is 4.20. The third-order valence-corrected chi connectivity index (χ3v) is 6.41. The summed E-state index contributed by atoms with van der Waals surface area (Å²) >= 11 is 0. The van der Waals surface area contributed by atoms with E-state index < -0.39 is 15.9 Å². The Balaban J connectivity index is 1.62. The largest absolute Gasteiger partial charge is 0.364 e. The number of hydrogen-bond acceptors (Lipinski definition) is 7. The van der Waals surface area contributed by atoms with Gasteiger partial charge in [0.15, 0.2) is 5.82 Å². The van der Waals surface area contributed by atoms with E-state index in [1.165, 1.54) is 21.1 Å². The fourth-order valence-electron chi connectivity index (χ4n) is 3.07. The van der Waals surface area contributed by atoms with Gasteiger partial charge in [0.25, 0.3) is 5.91 Å². The molecular weight excluding hydrogens is 372 g/mol. The molecule has 0 aromatic carbocycles. The van der Waals surface area contributed by atoms with Crippen LogP contribution in [0.5, 0.6) is 0 Å². The Morgan fingerprint density at radius 2 is 2.00 bits per heavy atom. The number of rotatable bonds is 7. The Bertz CT molecular complexity index is 911. The maximum absolute atomic E-state index is 12.8. The highest BCUT2D eigenvalue weighted by atomic mass is 32.2. The molecule has 10 nitrogen and oxygen atoms in total. The SMILES string of the molecule is CCCc1noc(CN2CCN(S(=O)(=O)c3cc(C(N)=O)n(C)c3)CC2)n1. The number of primary amides is 1. The molecule has 0 saturated carbocycles. The summed E-state index contributed by atoms with van der Waals surface area (Å²) in [5.74, 6) is 0.581. The zero-order valence-electron chi connectivity index (χ0n) is 15.5. The van der Waals surface area contributed by atoms with E-state index in [0.717, 1.165) is 12.8 Å². The smallest absolute Gasteiger partial charge is 0.265 e. The molecule has 0 bridgehead atoms. The fraction of sp³-hybridized carbons (Fsp3) is 0.562. The van der Waals surface area contributed by atoms with Gasteiger partial charge in [-0.1, -0.05) is 12.1 Å². The molecular formula is C16H24N6O4S. The van der Waals surface area contributed by atoms with E-state index in [1.807, 2.05) is 0 Å². The van der Waals surface area contributed by atoms with Gasteiger partial charge in [-0.05, 0) is 12.5 Å². The molecule has 27 heavy (non-hydrogen) atoms. The molecule has 0 unspecified atom stereocenters. The normalized spacial score (nSPS) is 16.7. The van der Waals surface area contributed by atoms with Gasteiger partial charge < -0.3 is 14.8 Å². The molecule has 1 saturated heterocycles. The number of amides is 1. The van der Waals surface area contributed by atoms with Crippen molar-refractivity contribution < 1.29 is 17.7 Å². The number of sulfonamides is 1. The number of carbonyl (C=O) groups is 1. The topological polar surface area (TPSA) is 128 Å². The summed E-state index contributed by atoms with van der Waals surface area (Å²) in [6, 6.07) is 1.32. The number of carbonyl (C=O) groups excluding carboxylic acids is 1. The van der Waals surface area contributed by atoms with Gasteiger partial charge in [-0.2, -0.15) is 9.29 Å². The maximum atomic E-state index is 12.8. The van der Waals surface area contributed by atoms with Gasteiger partial charge in [0.1, 0.15) is 10.6 Å². The average Bonchev–Trinajstić information content (AvgIpc) is 3.22. The molecule has 0 spiro atoms. The number of piperazine rings is 1. The molecule has 2 N–H and O–H groups in total. The minimum atomic E-state index is -3.67. The summed E-state index contributed by atoms with van der Waals surface area (Å²) in [5, 5.41) is 3.93. The van der Waals surface area contributed by atoms with Crippen molar-refractivity contribution in [1.29, 1.82) is 0 Å². The monoisotopic (exact) mass is 396 g/mol. The number of nitrogens with two attached hydrogens (primary N) is 1. The Morgan fingerprint density at radius 1 is 1.30 bits per heavy atom. The highest BCUT2D eigenvalue weighted by Gasteiger charge is 2.30. The lowest BCUT2D eigenvalue weighted by Gasteiger charge is -2.32. The highest BCUT2D eigenvalue weighted by molar-refractivity contribution is 7.89. The first-order valence-corrected chi connectivity index (χ1v) is 10.3. The minimum absolute atomic E-state index is 0.0772. The van der Waals surface area contributed by atoms with Gasteiger partial charge in [-0.3, -0.25) is 9.69 Å². The molecule has 0 atom stereocenters. The van der Waals surface area contributed by atoms with E-state index in [0.29, 0.717) is 44.4 Å². The Morgan fingerprint density at radius 3 is 2.59 bits per heavy atom. The zero-order valence-corrected chi connectivity index (χ0v) is 16.3. The van der Waals surface area contributed by atoms with E-state index >= 15 is 0 Å². The predicted octanol–water partition coefficient (Wildman–Crippen LogP) is -0.0340. The Hall–Kier alpha value is -2.24. The molecule has 3 rings (SSSR count). The molecule has 2 aromatic heterocycles. The van der Waals surface area contributed by atoms with Crippen molar-refractivity contribution in [3.8, 4) is 0 Å². The molecule has 11 heteroatoms. The van der Waals surface area contributed by atoms with E-state index in [1.54, 1.807) is 7.05 Å². The van der Waals surface area contributed by atoms with Gasteiger partial charge in [-0.25, -0.2) is 8.42 Å². The van der Waals surface area contributed by atoms with Crippen LogP contribution in [0.3, 0.4) is 0 Å². The van der Waals surface area contributed by atoms with Crippen LogP contribution in [0.15, 0.2) is 21.7 Å². The van der Waals surface area contributed by atoms with Crippen LogP contribution in [0.4, 0.5) is 0 Å². The molecule has 3 heterocycles. The van der Waals surface area contributed by atoms with Gasteiger partial charge in [-0.15, -0.1) is 0 Å². The van der Waals surface area contributed by atoms with Gasteiger partial charge in [0, 0.05) is 45.8 Å². The second kappa shape index (κ2) is 7.79. The summed E-state index contributed by atoms with van der Waals surface area (Å²) in [7, 11) is -2.08. The van der Waals surface area contributed by atoms with Crippen molar-refractivity contribution in [2.24, 2.45) is 12.8 Å². The summed E-state index contributed by atoms with van der Waals surface area (Å²) in [6.07, 6.45) is 3.14. The maximum Gasteiger partial charge on any atom is 0.265 e. The molecule has 1 aliphatic heterocycles. The first-order chi connectivity index (χ1) is 12.8. The first kappa shape index (κ1) is 19.5. The number of hydrogen-bond donors (Lipinski definition) is 1. The van der Waals surface area contributed by atoms with E-state index in [9.17, 15) is 13.2 Å². The summed E-state index contributed by atoms with van der Waals surface area (Å²) < 4.78 is 33.7. The van der Waals surface area contributed by atoms with Crippen LogP contribution >= 0.6 is 0 Å². The first-order valence-electron chi connectivity index (χ1n) is 8.81. The number of aryl methyl sites for hydroxylation is 2. The van der Waals surface area contributed by atoms with Crippen LogP contribution in [0.2, 0.25) is 0 Å². The van der Waals surface area contributed by atoms with Gasteiger partial charge in [0.05, 0.1) is 6.54 Å². The summed E-state index contributed by atoms with van der Waals surface area (Å²) in [4.78, 5) is 17.9. The standard InChI is InChI=1S/C16H24N6O4S/c1-3-4-14-18-15(26-19-14)11-21-5-7-22(8-6-21)27(24,25)12-9-13(16(17)23)20(2)10-12/h9-10H,3-8,11H2,1-2H3,(H2,17,23). The molecule has 2 aromatic rings. The lowest BCUT2D eigenvalue weighted by molar-refractivity contribution is 0.0992. The predicted molar refractivity (Wildman–Crippen MR) is 96.3 cm³/mol. The zero-order chi connectivity index (χ0) is 19.6. The number of aromatic nitrogens is 3. The second-order valence-electron chi connectivity index (χ2n) is 6.57. The van der Waals surface area contributed by atoms with Gasteiger partial charge in [0.2, 0.25) is 15.9 Å². The Labute approximate surface area is 158 Å². The molecule has 1 aliphatic rings. The van der Waals surface area contributed by atoms with Crippen molar-refractivity contribution in [1.82, 2.24) is 23.9 Å². The van der Waals surface area contributed by atoms with Crippen molar-refractivity contribution in [2.75, 3.05) is 26.2 Å². The number of nitrogens with zero attached hydrogens (tertiary/aromatic N) is 5. The molecule has 148 valence electrons. The minimum Gasteiger partial charge on any atom is -0.364 e. The summed E-state index contributed by atoms with van der Waals surface area (Å²) in [5.41, 5.74) is 5.43. The van der Waals surface area contributed by atoms with Crippen LogP contribution in [0.25, 0.3) is 0 Å². The van der Waals surface area contributed by atoms with Crippen molar-refractivity contribution in [2.45, 2.75) is 31.2 Å². The highest BCUT2D eigenvalue weighted by Crippen LogP contribution is 2.20. The molecule has 0 aliphatic carbocycles. The second-order valence-corrected chi connectivity index (χ2v) is 8.51. The van der Waals surface area contributed by atoms with Crippen LogP contribution in [0.1, 0.15) is 35.5 Å². The Kier molecular flexibility index (Phi) is 5.63. The van der Waals surface area contributed by atoms with E-state index in [-0.39, 0.29) is 10.6 Å². The molecule has 1 amide bonds. The van der Waals surface area contributed by atoms with Crippen molar-refractivity contribution in [3.63, 3.8) is 0 Å². The van der Waals surface area contributed by atoms with Crippen LogP contribution in [0, 0.1) is 0 Å². The van der Waals surface area contributed by atoms with E-state index in [4.69, 9.17) is 10.3 Å². The molecule has 0 radical (unpaired) electrons.